The van der Waals surface area contributed by atoms with Gasteiger partial charge in [-0.2, -0.15) is 5.10 Å². The molecule has 0 radical (unpaired) electrons. The van der Waals surface area contributed by atoms with Crippen LogP contribution in [0.5, 0.6) is 0 Å². The highest BCUT2D eigenvalue weighted by molar-refractivity contribution is 5.96. The van der Waals surface area contributed by atoms with E-state index < -0.39 is 6.98 Å². The standard InChI is InChI=1S/C20H23N5O/c1-14(25-7-3-4-8-25)20(26)23-19-10-17-9-15(5-6-16(17)11-21-19)18-12-22-24(2)13-18/h5-6,9-14H,3-4,7-8H2,1-2H3,(H,21,23,26)/t14-/m0/s1/i2D3. The molecule has 6 nitrogen and oxygen atoms in total. The minimum Gasteiger partial charge on any atom is -0.309 e. The number of likely N-dealkylation sites (tertiary alicyclic amines) is 1. The maximum atomic E-state index is 12.6. The largest absolute Gasteiger partial charge is 0.309 e. The molecule has 0 bridgehead atoms. The summed E-state index contributed by atoms with van der Waals surface area (Å²) in [4.78, 5) is 19.1. The Labute approximate surface area is 157 Å². The number of benzene rings is 1. The molecule has 134 valence electrons. The fourth-order valence-electron chi connectivity index (χ4n) is 3.39. The van der Waals surface area contributed by atoms with Crippen LogP contribution in [0.3, 0.4) is 0 Å². The molecule has 6 heteroatoms. The van der Waals surface area contributed by atoms with E-state index in [1.165, 1.54) is 12.4 Å². The number of hydrogen-bond acceptors (Lipinski definition) is 4. The van der Waals surface area contributed by atoms with Crippen LogP contribution in [0.25, 0.3) is 21.9 Å². The van der Waals surface area contributed by atoms with Crippen molar-refractivity contribution in [3.8, 4) is 11.1 Å². The molecule has 26 heavy (non-hydrogen) atoms. The van der Waals surface area contributed by atoms with Crippen LogP contribution >= 0.6 is 0 Å². The monoisotopic (exact) mass is 352 g/mol. The van der Waals surface area contributed by atoms with Crippen LogP contribution in [0.15, 0.2) is 42.9 Å². The Kier molecular flexibility index (Phi) is 3.56. The Bertz CT molecular complexity index is 1040. The average Bonchev–Trinajstić information content (AvgIpc) is 3.38. The number of hydrogen-bond donors (Lipinski definition) is 1. The topological polar surface area (TPSA) is 63.1 Å². The number of aromatic nitrogens is 3. The second-order valence-electron chi connectivity index (χ2n) is 6.71. The van der Waals surface area contributed by atoms with Gasteiger partial charge in [0.15, 0.2) is 0 Å². The van der Waals surface area contributed by atoms with Crippen molar-refractivity contribution in [1.29, 1.82) is 0 Å². The number of aryl methyl sites for hydroxylation is 1. The highest BCUT2D eigenvalue weighted by Gasteiger charge is 2.24. The molecular weight excluding hydrogens is 326 g/mol. The fourth-order valence-corrected chi connectivity index (χ4v) is 3.39. The molecule has 4 rings (SSSR count). The summed E-state index contributed by atoms with van der Waals surface area (Å²) in [5.41, 5.74) is 1.56. The molecule has 3 aromatic rings. The molecule has 1 saturated heterocycles. The van der Waals surface area contributed by atoms with Gasteiger partial charge in [0, 0.05) is 34.4 Å². The first-order valence-corrected chi connectivity index (χ1v) is 8.81. The molecule has 3 heterocycles. The predicted octanol–water partition coefficient (Wildman–Crippen LogP) is 3.06. The van der Waals surface area contributed by atoms with Crippen molar-refractivity contribution in [2.24, 2.45) is 6.98 Å². The lowest BCUT2D eigenvalue weighted by Crippen LogP contribution is -2.40. The lowest BCUT2D eigenvalue weighted by atomic mass is 10.1. The van der Waals surface area contributed by atoms with Crippen LogP contribution in [-0.4, -0.2) is 44.7 Å². The molecule has 0 spiro atoms. The molecule has 1 fully saturated rings. The van der Waals surface area contributed by atoms with Gasteiger partial charge >= 0.3 is 0 Å². The number of carbonyl (C=O) groups excluding carboxylic acids is 1. The first kappa shape index (κ1) is 13.5. The van der Waals surface area contributed by atoms with E-state index in [-0.39, 0.29) is 11.9 Å². The Morgan fingerprint density at radius 2 is 2.04 bits per heavy atom. The van der Waals surface area contributed by atoms with Crippen LogP contribution in [0.4, 0.5) is 5.82 Å². The minimum absolute atomic E-state index is 0.0612. The molecule has 1 aliphatic rings. The van der Waals surface area contributed by atoms with Gasteiger partial charge in [-0.3, -0.25) is 14.4 Å². The third kappa shape index (κ3) is 3.32. The smallest absolute Gasteiger partial charge is 0.242 e. The van der Waals surface area contributed by atoms with Gasteiger partial charge in [-0.05, 0) is 55.9 Å². The van der Waals surface area contributed by atoms with Crippen molar-refractivity contribution in [3.63, 3.8) is 0 Å². The number of pyridine rings is 1. The van der Waals surface area contributed by atoms with Gasteiger partial charge in [-0.1, -0.05) is 12.1 Å². The summed E-state index contributed by atoms with van der Waals surface area (Å²) in [6, 6.07) is 7.41. The molecule has 1 N–H and O–H groups in total. The quantitative estimate of drug-likeness (QED) is 0.784. The zero-order valence-electron chi connectivity index (χ0n) is 17.6. The molecule has 0 unspecified atom stereocenters. The van der Waals surface area contributed by atoms with Gasteiger partial charge in [0.05, 0.1) is 12.2 Å². The van der Waals surface area contributed by atoms with Crippen molar-refractivity contribution in [1.82, 2.24) is 19.7 Å². The van der Waals surface area contributed by atoms with E-state index in [4.69, 9.17) is 4.11 Å². The van der Waals surface area contributed by atoms with E-state index in [2.05, 4.69) is 20.3 Å². The Morgan fingerprint density at radius 3 is 2.81 bits per heavy atom. The van der Waals surface area contributed by atoms with Crippen molar-refractivity contribution in [2.45, 2.75) is 25.8 Å². The number of rotatable bonds is 4. The predicted molar refractivity (Wildman–Crippen MR) is 103 cm³/mol. The summed E-state index contributed by atoms with van der Waals surface area (Å²) in [5, 5.41) is 8.69. The van der Waals surface area contributed by atoms with Crippen LogP contribution in [0.1, 0.15) is 23.9 Å². The van der Waals surface area contributed by atoms with Gasteiger partial charge in [-0.25, -0.2) is 4.98 Å². The van der Waals surface area contributed by atoms with Crippen molar-refractivity contribution in [2.75, 3.05) is 18.4 Å². The molecule has 2 aromatic heterocycles. The van der Waals surface area contributed by atoms with Crippen molar-refractivity contribution >= 4 is 22.5 Å². The Morgan fingerprint density at radius 1 is 1.19 bits per heavy atom. The maximum absolute atomic E-state index is 12.6. The van der Waals surface area contributed by atoms with E-state index in [1.54, 1.807) is 6.20 Å². The normalized spacial score (nSPS) is 18.3. The molecule has 0 aliphatic carbocycles. The summed E-state index contributed by atoms with van der Waals surface area (Å²) in [6.07, 6.45) is 7.03. The van der Waals surface area contributed by atoms with Crippen molar-refractivity contribution < 1.29 is 8.91 Å². The third-order valence-electron chi connectivity index (χ3n) is 4.96. The second-order valence-corrected chi connectivity index (χ2v) is 6.71. The number of amides is 1. The van der Waals surface area contributed by atoms with Gasteiger partial charge in [0.2, 0.25) is 5.91 Å². The number of carbonyl (C=O) groups is 1. The van der Waals surface area contributed by atoms with E-state index in [1.807, 2.05) is 31.2 Å². The number of nitrogens with zero attached hydrogens (tertiary/aromatic N) is 4. The lowest BCUT2D eigenvalue weighted by molar-refractivity contribution is -0.120. The summed E-state index contributed by atoms with van der Waals surface area (Å²) in [7, 11) is 0. The van der Waals surface area contributed by atoms with Crippen LogP contribution < -0.4 is 5.32 Å². The number of fused-ring (bicyclic) bond motifs is 1. The number of nitrogens with one attached hydrogen (secondary N) is 1. The summed E-state index contributed by atoms with van der Waals surface area (Å²) >= 11 is 0. The zero-order valence-corrected chi connectivity index (χ0v) is 14.6. The van der Waals surface area contributed by atoms with Crippen molar-refractivity contribution in [3.05, 3.63) is 42.9 Å². The van der Waals surface area contributed by atoms with E-state index in [0.717, 1.165) is 46.9 Å². The molecule has 1 aliphatic heterocycles. The third-order valence-corrected chi connectivity index (χ3v) is 4.96. The SMILES string of the molecule is [2H]C([2H])([2H])n1cc(-c2ccc3cnc(NC(=O)[C@H](C)N4CCCC4)cc3c2)cn1. The molecule has 1 amide bonds. The summed E-state index contributed by atoms with van der Waals surface area (Å²) in [6.45, 7) is 1.52. The van der Waals surface area contributed by atoms with Gasteiger partial charge in [0.1, 0.15) is 5.82 Å². The van der Waals surface area contributed by atoms with E-state index >= 15 is 0 Å². The molecular formula is C20H23N5O. The van der Waals surface area contributed by atoms with E-state index in [9.17, 15) is 4.79 Å². The Balaban J connectivity index is 1.56. The lowest BCUT2D eigenvalue weighted by Gasteiger charge is -2.22. The Hall–Kier alpha value is -2.73. The van der Waals surface area contributed by atoms with Crippen LogP contribution in [-0.2, 0) is 11.8 Å². The second kappa shape index (κ2) is 6.88. The molecule has 0 saturated carbocycles. The van der Waals surface area contributed by atoms with Crippen LogP contribution in [0, 0.1) is 0 Å². The van der Waals surface area contributed by atoms with Crippen LogP contribution in [0.2, 0.25) is 0 Å². The number of anilines is 1. The minimum atomic E-state index is -2.30. The molecule has 1 atom stereocenters. The average molecular weight is 352 g/mol. The van der Waals surface area contributed by atoms with Gasteiger partial charge in [-0.15, -0.1) is 0 Å². The first-order valence-electron chi connectivity index (χ1n) is 10.3. The first-order chi connectivity index (χ1) is 13.8. The molecule has 1 aromatic carbocycles. The van der Waals surface area contributed by atoms with E-state index in [0.29, 0.717) is 11.4 Å². The summed E-state index contributed by atoms with van der Waals surface area (Å²) < 4.78 is 23.3. The zero-order chi connectivity index (χ0) is 20.6. The fraction of sp³-hybridized carbons (Fsp3) is 0.350. The highest BCUT2D eigenvalue weighted by Crippen LogP contribution is 2.25. The maximum Gasteiger partial charge on any atom is 0.242 e. The summed E-state index contributed by atoms with van der Waals surface area (Å²) in [5.74, 6) is 0.442. The van der Waals surface area contributed by atoms with Gasteiger partial charge in [0.25, 0.3) is 0 Å². The highest BCUT2D eigenvalue weighted by atomic mass is 16.2. The van der Waals surface area contributed by atoms with Gasteiger partial charge < -0.3 is 5.32 Å².